The summed E-state index contributed by atoms with van der Waals surface area (Å²) in [6.45, 7) is 0. The third kappa shape index (κ3) is 1.39. The number of hydrogen-bond acceptors (Lipinski definition) is 3. The van der Waals surface area contributed by atoms with E-state index in [2.05, 4.69) is 10.3 Å². The highest BCUT2D eigenvalue weighted by Gasteiger charge is 2.05. The number of carbonyl (C=O) groups excluding carboxylic acids is 1. The van der Waals surface area contributed by atoms with E-state index >= 15 is 0 Å². The van der Waals surface area contributed by atoms with Gasteiger partial charge in [0.2, 0.25) is 0 Å². The number of amides is 1. The van der Waals surface area contributed by atoms with E-state index in [0.29, 0.717) is 0 Å². The van der Waals surface area contributed by atoms with Crippen molar-refractivity contribution in [1.29, 1.82) is 0 Å². The summed E-state index contributed by atoms with van der Waals surface area (Å²) < 4.78 is 1.33. The van der Waals surface area contributed by atoms with Gasteiger partial charge in [0.1, 0.15) is 11.8 Å². The molecule has 0 unspecified atom stereocenters. The van der Waals surface area contributed by atoms with Gasteiger partial charge in [-0.25, -0.2) is 9.78 Å². The van der Waals surface area contributed by atoms with Crippen molar-refractivity contribution in [2.75, 3.05) is 7.05 Å². The Bertz CT molecular complexity index is 464. The molecule has 0 saturated carbocycles. The van der Waals surface area contributed by atoms with E-state index < -0.39 is 6.09 Å². The largest absolute Gasteiger partial charge is 0.431 e. The van der Waals surface area contributed by atoms with Gasteiger partial charge >= 0.3 is 6.09 Å². The number of fused-ring (bicyclic) bond motifs is 1. The smallest absolute Gasteiger partial charge is 0.323 e. The van der Waals surface area contributed by atoms with Crippen LogP contribution < -0.4 is 10.2 Å². The fourth-order valence-electron chi connectivity index (χ4n) is 1.14. The first-order chi connectivity index (χ1) is 6.81. The minimum absolute atomic E-state index is 0.520. The fraction of sp³-hybridized carbons (Fsp3) is 0.111. The second-order valence-electron chi connectivity index (χ2n) is 2.69. The molecule has 0 atom stereocenters. The van der Waals surface area contributed by atoms with Crippen molar-refractivity contribution in [2.24, 2.45) is 0 Å². The second kappa shape index (κ2) is 3.37. The van der Waals surface area contributed by atoms with Gasteiger partial charge in [-0.05, 0) is 12.1 Å². The van der Waals surface area contributed by atoms with Gasteiger partial charge in [0.05, 0.1) is 5.52 Å². The number of para-hydroxylation sites is 2. The molecule has 0 radical (unpaired) electrons. The average molecular weight is 191 g/mol. The molecule has 5 nitrogen and oxygen atoms in total. The number of nitrogens with zero attached hydrogens (tertiary/aromatic N) is 2. The van der Waals surface area contributed by atoms with Gasteiger partial charge in [0.15, 0.2) is 0 Å². The lowest BCUT2D eigenvalue weighted by atomic mass is 10.3. The van der Waals surface area contributed by atoms with Gasteiger partial charge < -0.3 is 10.2 Å². The van der Waals surface area contributed by atoms with Crippen LogP contribution in [0.3, 0.4) is 0 Å². The molecule has 1 aromatic heterocycles. The number of benzene rings is 1. The Hall–Kier alpha value is -2.04. The van der Waals surface area contributed by atoms with Gasteiger partial charge in [-0.15, -0.1) is 0 Å². The Morgan fingerprint density at radius 1 is 1.50 bits per heavy atom. The summed E-state index contributed by atoms with van der Waals surface area (Å²) in [6.07, 6.45) is 0.938. The van der Waals surface area contributed by atoms with E-state index in [1.54, 1.807) is 0 Å². The quantitative estimate of drug-likeness (QED) is 0.725. The average Bonchev–Trinajstić information content (AvgIpc) is 2.62. The lowest BCUT2D eigenvalue weighted by Gasteiger charge is -2.02. The topological polar surface area (TPSA) is 56.1 Å². The third-order valence-electron chi connectivity index (χ3n) is 1.81. The molecule has 0 spiro atoms. The molecule has 1 aromatic carbocycles. The summed E-state index contributed by atoms with van der Waals surface area (Å²) in [4.78, 5) is 19.9. The van der Waals surface area contributed by atoms with Gasteiger partial charge in [-0.2, -0.15) is 4.73 Å². The standard InChI is InChI=1S/C9H9N3O2/c1-10-9(13)14-12-6-11-7-4-2-3-5-8(7)12/h2-6H,1H3,(H,10,13). The molecule has 1 amide bonds. The molecule has 2 aromatic rings. The Labute approximate surface area is 80.3 Å². The van der Waals surface area contributed by atoms with E-state index in [1.165, 1.54) is 18.1 Å². The van der Waals surface area contributed by atoms with Crippen LogP contribution in [-0.4, -0.2) is 22.9 Å². The summed E-state index contributed by atoms with van der Waals surface area (Å²) >= 11 is 0. The Kier molecular flexibility index (Phi) is 2.06. The molecule has 0 aliphatic heterocycles. The van der Waals surface area contributed by atoms with Crippen LogP contribution in [0, 0.1) is 0 Å². The fourth-order valence-corrected chi connectivity index (χ4v) is 1.14. The molecule has 2 rings (SSSR count). The zero-order valence-electron chi connectivity index (χ0n) is 7.60. The van der Waals surface area contributed by atoms with Crippen LogP contribution in [0.4, 0.5) is 4.79 Å². The van der Waals surface area contributed by atoms with Crippen LogP contribution >= 0.6 is 0 Å². The highest BCUT2D eigenvalue weighted by molar-refractivity contribution is 5.76. The Balaban J connectivity index is 2.38. The Morgan fingerprint density at radius 2 is 2.29 bits per heavy atom. The van der Waals surface area contributed by atoms with Crippen LogP contribution in [0.1, 0.15) is 0 Å². The van der Waals surface area contributed by atoms with Gasteiger partial charge in [0.25, 0.3) is 0 Å². The minimum Gasteiger partial charge on any atom is -0.323 e. The number of rotatable bonds is 1. The van der Waals surface area contributed by atoms with Crippen molar-refractivity contribution < 1.29 is 9.63 Å². The molecular formula is C9H9N3O2. The van der Waals surface area contributed by atoms with E-state index in [0.717, 1.165) is 11.0 Å². The normalized spacial score (nSPS) is 10.1. The molecule has 5 heteroatoms. The summed E-state index contributed by atoms with van der Waals surface area (Å²) in [6, 6.07) is 7.40. The van der Waals surface area contributed by atoms with Crippen molar-refractivity contribution in [1.82, 2.24) is 15.0 Å². The number of hydrogen-bond donors (Lipinski definition) is 1. The van der Waals surface area contributed by atoms with E-state index in [1.807, 2.05) is 24.3 Å². The first kappa shape index (κ1) is 8.55. The maximum Gasteiger partial charge on any atom is 0.431 e. The van der Waals surface area contributed by atoms with Crippen molar-refractivity contribution in [3.05, 3.63) is 30.6 Å². The predicted molar refractivity (Wildman–Crippen MR) is 50.8 cm³/mol. The molecule has 0 saturated heterocycles. The van der Waals surface area contributed by atoms with Crippen LogP contribution in [0.5, 0.6) is 0 Å². The predicted octanol–water partition coefficient (Wildman–Crippen LogP) is 0.804. The van der Waals surface area contributed by atoms with Crippen LogP contribution in [0.2, 0.25) is 0 Å². The number of aromatic nitrogens is 2. The first-order valence-corrected chi connectivity index (χ1v) is 4.13. The number of nitrogens with one attached hydrogen (secondary N) is 1. The summed E-state index contributed by atoms with van der Waals surface area (Å²) in [5.41, 5.74) is 1.55. The lowest BCUT2D eigenvalue weighted by Crippen LogP contribution is -2.28. The maximum atomic E-state index is 10.9. The highest BCUT2D eigenvalue weighted by Crippen LogP contribution is 2.09. The summed E-state index contributed by atoms with van der Waals surface area (Å²) in [5.74, 6) is 0. The number of carbonyl (C=O) groups is 1. The molecule has 0 aliphatic rings. The van der Waals surface area contributed by atoms with Crippen molar-refractivity contribution in [3.8, 4) is 0 Å². The summed E-state index contributed by atoms with van der Waals surface area (Å²) in [5, 5.41) is 2.36. The van der Waals surface area contributed by atoms with E-state index in [4.69, 9.17) is 4.84 Å². The number of imidazole rings is 1. The zero-order valence-corrected chi connectivity index (χ0v) is 7.60. The molecule has 1 N–H and O–H groups in total. The van der Waals surface area contributed by atoms with Crippen molar-refractivity contribution >= 4 is 17.1 Å². The Morgan fingerprint density at radius 3 is 3.07 bits per heavy atom. The zero-order chi connectivity index (χ0) is 9.97. The maximum absolute atomic E-state index is 10.9. The summed E-state index contributed by atoms with van der Waals surface area (Å²) in [7, 11) is 1.50. The molecule has 72 valence electrons. The van der Waals surface area contributed by atoms with Gasteiger partial charge in [-0.3, -0.25) is 0 Å². The second-order valence-corrected chi connectivity index (χ2v) is 2.69. The molecule has 0 aliphatic carbocycles. The molecule has 0 bridgehead atoms. The van der Waals surface area contributed by atoms with Crippen LogP contribution in [0.25, 0.3) is 11.0 Å². The SMILES string of the molecule is CNC(=O)On1cnc2ccccc21. The molecular weight excluding hydrogens is 182 g/mol. The first-order valence-electron chi connectivity index (χ1n) is 4.13. The van der Waals surface area contributed by atoms with Crippen molar-refractivity contribution in [3.63, 3.8) is 0 Å². The minimum atomic E-state index is -0.520. The van der Waals surface area contributed by atoms with E-state index in [-0.39, 0.29) is 0 Å². The monoisotopic (exact) mass is 191 g/mol. The van der Waals surface area contributed by atoms with Crippen LogP contribution in [-0.2, 0) is 0 Å². The molecule has 0 fully saturated rings. The lowest BCUT2D eigenvalue weighted by molar-refractivity contribution is 0.140. The van der Waals surface area contributed by atoms with Gasteiger partial charge in [0, 0.05) is 7.05 Å². The molecule has 1 heterocycles. The highest BCUT2D eigenvalue weighted by atomic mass is 16.7. The van der Waals surface area contributed by atoms with Crippen molar-refractivity contribution in [2.45, 2.75) is 0 Å². The van der Waals surface area contributed by atoms with Crippen LogP contribution in [0.15, 0.2) is 30.6 Å². The third-order valence-corrected chi connectivity index (χ3v) is 1.81. The van der Waals surface area contributed by atoms with Gasteiger partial charge in [-0.1, -0.05) is 12.1 Å². The molecule has 14 heavy (non-hydrogen) atoms. The van der Waals surface area contributed by atoms with E-state index in [9.17, 15) is 4.79 Å².